The molecule has 7 heteroatoms. The van der Waals surface area contributed by atoms with E-state index in [0.717, 1.165) is 18.9 Å². The highest BCUT2D eigenvalue weighted by atomic mass is 19.2. The fourth-order valence-electron chi connectivity index (χ4n) is 2.82. The molecule has 3 rings (SSSR count). The van der Waals surface area contributed by atoms with Gasteiger partial charge in [0.05, 0.1) is 18.3 Å². The molecule has 1 aliphatic rings. The van der Waals surface area contributed by atoms with Gasteiger partial charge in [0.15, 0.2) is 11.6 Å². The summed E-state index contributed by atoms with van der Waals surface area (Å²) in [5, 5.41) is 0. The highest BCUT2D eigenvalue weighted by molar-refractivity contribution is 5.94. The number of aromatic nitrogens is 1. The summed E-state index contributed by atoms with van der Waals surface area (Å²) < 4.78 is 47.0. The van der Waals surface area contributed by atoms with Crippen LogP contribution in [-0.4, -0.2) is 35.0 Å². The molecule has 1 atom stereocenters. The fraction of sp³-hybridized carbons (Fsp3) is 0.333. The van der Waals surface area contributed by atoms with Crippen LogP contribution < -0.4 is 0 Å². The van der Waals surface area contributed by atoms with Gasteiger partial charge < -0.3 is 9.64 Å². The molecule has 2 heterocycles. The summed E-state index contributed by atoms with van der Waals surface area (Å²) in [4.78, 5) is 18.1. The van der Waals surface area contributed by atoms with Crippen molar-refractivity contribution >= 4 is 5.91 Å². The molecule has 1 saturated heterocycles. The summed E-state index contributed by atoms with van der Waals surface area (Å²) in [6.07, 6.45) is 2.96. The third kappa shape index (κ3) is 3.99. The number of benzene rings is 1. The summed E-state index contributed by atoms with van der Waals surface area (Å²) in [7, 11) is 0. The van der Waals surface area contributed by atoms with Gasteiger partial charge in [-0.1, -0.05) is 6.07 Å². The Bertz CT molecular complexity index is 749. The number of hydrogen-bond acceptors (Lipinski definition) is 3. The Morgan fingerprint density at radius 1 is 1.20 bits per heavy atom. The molecule has 0 unspecified atom stereocenters. The van der Waals surface area contributed by atoms with Crippen LogP contribution in [0.15, 0.2) is 36.5 Å². The van der Waals surface area contributed by atoms with Gasteiger partial charge in [-0.15, -0.1) is 0 Å². The van der Waals surface area contributed by atoms with Crippen molar-refractivity contribution in [2.24, 2.45) is 0 Å². The van der Waals surface area contributed by atoms with E-state index in [0.29, 0.717) is 18.4 Å². The average molecular weight is 350 g/mol. The van der Waals surface area contributed by atoms with Crippen LogP contribution in [0.2, 0.25) is 0 Å². The van der Waals surface area contributed by atoms with Crippen LogP contribution in [-0.2, 0) is 11.3 Å². The van der Waals surface area contributed by atoms with E-state index in [1.807, 2.05) is 0 Å². The lowest BCUT2D eigenvalue weighted by Crippen LogP contribution is -2.38. The second-order valence-corrected chi connectivity index (χ2v) is 5.86. The zero-order valence-electron chi connectivity index (χ0n) is 13.4. The summed E-state index contributed by atoms with van der Waals surface area (Å²) in [6.45, 7) is 0.790. The number of pyridine rings is 1. The Kier molecular flexibility index (Phi) is 5.33. The van der Waals surface area contributed by atoms with E-state index in [1.54, 1.807) is 24.4 Å². The molecule has 1 aromatic heterocycles. The first-order chi connectivity index (χ1) is 12.1. The number of hydrogen-bond donors (Lipinski definition) is 0. The fourth-order valence-corrected chi connectivity index (χ4v) is 2.82. The Hall–Kier alpha value is -2.41. The lowest BCUT2D eigenvalue weighted by Gasteiger charge is -2.25. The van der Waals surface area contributed by atoms with Crippen LogP contribution in [0.25, 0.3) is 0 Å². The molecule has 1 aliphatic heterocycles. The molecule has 1 aromatic carbocycles. The van der Waals surface area contributed by atoms with E-state index in [1.165, 1.54) is 4.90 Å². The van der Waals surface area contributed by atoms with Crippen molar-refractivity contribution in [3.05, 3.63) is 65.2 Å². The quantitative estimate of drug-likeness (QED) is 0.777. The lowest BCUT2D eigenvalue weighted by atomic mass is 10.1. The van der Waals surface area contributed by atoms with Crippen molar-refractivity contribution in [3.63, 3.8) is 0 Å². The van der Waals surface area contributed by atoms with Crippen LogP contribution in [0.5, 0.6) is 0 Å². The van der Waals surface area contributed by atoms with Crippen LogP contribution in [0.1, 0.15) is 28.9 Å². The SMILES string of the molecule is O=C(c1c(F)ccc(F)c1F)N(Cc1ccccn1)C[C@@H]1CCCO1. The minimum Gasteiger partial charge on any atom is -0.376 e. The van der Waals surface area contributed by atoms with Crippen molar-refractivity contribution in [2.75, 3.05) is 13.2 Å². The molecule has 0 aliphatic carbocycles. The van der Waals surface area contributed by atoms with E-state index >= 15 is 0 Å². The molecule has 0 spiro atoms. The van der Waals surface area contributed by atoms with E-state index in [-0.39, 0.29) is 19.2 Å². The molecule has 0 saturated carbocycles. The van der Waals surface area contributed by atoms with E-state index in [2.05, 4.69) is 4.98 Å². The topological polar surface area (TPSA) is 42.4 Å². The molecule has 0 radical (unpaired) electrons. The average Bonchev–Trinajstić information content (AvgIpc) is 3.12. The first-order valence-corrected chi connectivity index (χ1v) is 8.00. The van der Waals surface area contributed by atoms with E-state index < -0.39 is 28.9 Å². The van der Waals surface area contributed by atoms with Crippen molar-refractivity contribution in [3.8, 4) is 0 Å². The zero-order valence-corrected chi connectivity index (χ0v) is 13.4. The zero-order chi connectivity index (χ0) is 17.8. The number of carbonyl (C=O) groups excluding carboxylic acids is 1. The van der Waals surface area contributed by atoms with Gasteiger partial charge in [-0.05, 0) is 37.1 Å². The molecule has 0 N–H and O–H groups in total. The Morgan fingerprint density at radius 3 is 2.68 bits per heavy atom. The maximum atomic E-state index is 14.0. The number of ether oxygens (including phenoxy) is 1. The van der Waals surface area contributed by atoms with Gasteiger partial charge in [-0.2, -0.15) is 0 Å². The molecule has 25 heavy (non-hydrogen) atoms. The Morgan fingerprint density at radius 2 is 2.00 bits per heavy atom. The number of rotatable bonds is 5. The summed E-state index contributed by atoms with van der Waals surface area (Å²) in [5.41, 5.74) is -0.333. The Labute approximate surface area is 143 Å². The van der Waals surface area contributed by atoms with Crippen LogP contribution in [0.4, 0.5) is 13.2 Å². The highest BCUT2D eigenvalue weighted by Gasteiger charge is 2.29. The second kappa shape index (κ2) is 7.65. The first kappa shape index (κ1) is 17.4. The smallest absolute Gasteiger partial charge is 0.260 e. The number of halogens is 3. The highest BCUT2D eigenvalue weighted by Crippen LogP contribution is 2.21. The normalized spacial score (nSPS) is 16.8. The molecule has 2 aromatic rings. The molecule has 0 bridgehead atoms. The van der Waals surface area contributed by atoms with Crippen molar-refractivity contribution < 1.29 is 22.7 Å². The third-order valence-corrected chi connectivity index (χ3v) is 4.07. The molecule has 4 nitrogen and oxygen atoms in total. The van der Waals surface area contributed by atoms with E-state index in [4.69, 9.17) is 4.74 Å². The molecular formula is C18H17F3N2O2. The number of nitrogens with zero attached hydrogens (tertiary/aromatic N) is 2. The summed E-state index contributed by atoms with van der Waals surface area (Å²) in [5.74, 6) is -4.76. The molecule has 1 amide bonds. The minimum absolute atomic E-state index is 0.0505. The van der Waals surface area contributed by atoms with E-state index in [9.17, 15) is 18.0 Å². The first-order valence-electron chi connectivity index (χ1n) is 8.00. The molecule has 1 fully saturated rings. The van der Waals surface area contributed by atoms with Gasteiger partial charge in [0.1, 0.15) is 11.4 Å². The predicted molar refractivity (Wildman–Crippen MR) is 84.3 cm³/mol. The predicted octanol–water partition coefficient (Wildman–Crippen LogP) is 3.32. The summed E-state index contributed by atoms with van der Waals surface area (Å²) >= 11 is 0. The van der Waals surface area contributed by atoms with Crippen molar-refractivity contribution in [2.45, 2.75) is 25.5 Å². The molecule has 132 valence electrons. The Balaban J connectivity index is 1.90. The monoisotopic (exact) mass is 350 g/mol. The van der Waals surface area contributed by atoms with Gasteiger partial charge >= 0.3 is 0 Å². The van der Waals surface area contributed by atoms with Crippen molar-refractivity contribution in [1.29, 1.82) is 0 Å². The molecular weight excluding hydrogens is 333 g/mol. The van der Waals surface area contributed by atoms with Crippen molar-refractivity contribution in [1.82, 2.24) is 9.88 Å². The maximum absolute atomic E-state index is 14.0. The van der Waals surface area contributed by atoms with Gasteiger partial charge in [0.25, 0.3) is 5.91 Å². The van der Waals surface area contributed by atoms with Gasteiger partial charge in [-0.25, -0.2) is 13.2 Å². The van der Waals surface area contributed by atoms with Gasteiger partial charge in [-0.3, -0.25) is 9.78 Å². The largest absolute Gasteiger partial charge is 0.376 e. The number of amides is 1. The van der Waals surface area contributed by atoms with Crippen LogP contribution in [0, 0.1) is 17.5 Å². The lowest BCUT2D eigenvalue weighted by molar-refractivity contribution is 0.0496. The van der Waals surface area contributed by atoms with Gasteiger partial charge in [0, 0.05) is 19.3 Å². The minimum atomic E-state index is -1.48. The van der Waals surface area contributed by atoms with Crippen LogP contribution >= 0.6 is 0 Å². The van der Waals surface area contributed by atoms with Gasteiger partial charge in [0.2, 0.25) is 0 Å². The standard InChI is InChI=1S/C18H17F3N2O2/c19-14-6-7-15(20)17(21)16(14)18(24)23(11-13-5-3-9-25-13)10-12-4-1-2-8-22-12/h1-2,4,6-8,13H,3,5,9-11H2/t13-/m0/s1. The number of carbonyl (C=O) groups is 1. The maximum Gasteiger partial charge on any atom is 0.260 e. The third-order valence-electron chi connectivity index (χ3n) is 4.07. The van der Waals surface area contributed by atoms with Crippen LogP contribution in [0.3, 0.4) is 0 Å². The summed E-state index contributed by atoms with van der Waals surface area (Å²) in [6, 6.07) is 6.58. The second-order valence-electron chi connectivity index (χ2n) is 5.86.